The number of rotatable bonds is 3. The first-order chi connectivity index (χ1) is 14.0. The van der Waals surface area contributed by atoms with Crippen LogP contribution in [0.15, 0.2) is 58.1 Å². The second kappa shape index (κ2) is 7.05. The molecule has 150 valence electrons. The molecular formula is C20H18ClN3O4S. The maximum atomic E-state index is 13.2. The number of piperazine rings is 1. The molecule has 0 aliphatic carbocycles. The molecule has 1 aromatic heterocycles. The fourth-order valence-electron chi connectivity index (χ4n) is 3.70. The molecule has 2 aliphatic heterocycles. The van der Waals surface area contributed by atoms with E-state index >= 15 is 0 Å². The number of sulfonamides is 1. The third-order valence-corrected chi connectivity index (χ3v) is 7.44. The van der Waals surface area contributed by atoms with Gasteiger partial charge in [-0.1, -0.05) is 16.8 Å². The van der Waals surface area contributed by atoms with Crippen molar-refractivity contribution in [2.45, 2.75) is 11.5 Å². The SMILES string of the molecule is O=S(=O)(c1ccc2c(c1)-c1oncc1CO2)N1CCN(c2ccc(Cl)cc2)CC1. The monoisotopic (exact) mass is 431 g/mol. The molecule has 0 amide bonds. The smallest absolute Gasteiger partial charge is 0.243 e. The fraction of sp³-hybridized carbons (Fsp3) is 0.250. The van der Waals surface area contributed by atoms with Crippen molar-refractivity contribution in [1.82, 2.24) is 9.46 Å². The van der Waals surface area contributed by atoms with Gasteiger partial charge in [0.1, 0.15) is 12.4 Å². The molecule has 1 fully saturated rings. The number of fused-ring (bicyclic) bond motifs is 3. The van der Waals surface area contributed by atoms with Gasteiger partial charge in [-0.15, -0.1) is 0 Å². The van der Waals surface area contributed by atoms with Gasteiger partial charge in [0.05, 0.1) is 22.2 Å². The standard InChI is InChI=1S/C20H18ClN3O4S/c21-15-1-3-16(4-2-15)23-7-9-24(10-8-23)29(25,26)17-5-6-19-18(11-17)20-14(13-27-19)12-22-28-20/h1-6,11-12H,7-10,13H2. The Balaban J connectivity index is 1.37. The van der Waals surface area contributed by atoms with E-state index in [0.29, 0.717) is 54.9 Å². The highest BCUT2D eigenvalue weighted by molar-refractivity contribution is 7.89. The van der Waals surface area contributed by atoms with Crippen LogP contribution in [0.5, 0.6) is 5.75 Å². The van der Waals surface area contributed by atoms with Crippen molar-refractivity contribution in [3.63, 3.8) is 0 Å². The third-order valence-electron chi connectivity index (χ3n) is 5.29. The first kappa shape index (κ1) is 18.5. The summed E-state index contributed by atoms with van der Waals surface area (Å²) in [6.45, 7) is 2.41. The summed E-state index contributed by atoms with van der Waals surface area (Å²) in [5, 5.41) is 4.48. The number of ether oxygens (including phenoxy) is 1. The van der Waals surface area contributed by atoms with Crippen LogP contribution in [-0.4, -0.2) is 44.1 Å². The number of benzene rings is 2. The lowest BCUT2D eigenvalue weighted by Crippen LogP contribution is -2.48. The topological polar surface area (TPSA) is 75.9 Å². The van der Waals surface area contributed by atoms with Gasteiger partial charge in [0.15, 0.2) is 5.76 Å². The van der Waals surface area contributed by atoms with E-state index in [4.69, 9.17) is 20.9 Å². The highest BCUT2D eigenvalue weighted by Gasteiger charge is 2.31. The van der Waals surface area contributed by atoms with Gasteiger partial charge >= 0.3 is 0 Å². The normalized spacial score (nSPS) is 16.8. The quantitative estimate of drug-likeness (QED) is 0.632. The Kier molecular flexibility index (Phi) is 4.49. The maximum Gasteiger partial charge on any atom is 0.243 e. The largest absolute Gasteiger partial charge is 0.488 e. The van der Waals surface area contributed by atoms with E-state index in [0.717, 1.165) is 11.3 Å². The number of aromatic nitrogens is 1. The molecule has 29 heavy (non-hydrogen) atoms. The van der Waals surface area contributed by atoms with Crippen molar-refractivity contribution in [2.24, 2.45) is 0 Å². The van der Waals surface area contributed by atoms with Crippen LogP contribution in [0.3, 0.4) is 0 Å². The van der Waals surface area contributed by atoms with Crippen molar-refractivity contribution in [3.8, 4) is 17.1 Å². The summed E-state index contributed by atoms with van der Waals surface area (Å²) in [4.78, 5) is 2.38. The van der Waals surface area contributed by atoms with Crippen LogP contribution in [0, 0.1) is 0 Å². The van der Waals surface area contributed by atoms with Crippen LogP contribution >= 0.6 is 11.6 Å². The molecule has 0 spiro atoms. The van der Waals surface area contributed by atoms with Gasteiger partial charge in [-0.2, -0.15) is 4.31 Å². The van der Waals surface area contributed by atoms with E-state index < -0.39 is 10.0 Å². The minimum absolute atomic E-state index is 0.226. The van der Waals surface area contributed by atoms with Crippen LogP contribution in [0.1, 0.15) is 5.56 Å². The summed E-state index contributed by atoms with van der Waals surface area (Å²) in [6, 6.07) is 12.5. The first-order valence-electron chi connectivity index (χ1n) is 9.24. The predicted molar refractivity (Wildman–Crippen MR) is 109 cm³/mol. The van der Waals surface area contributed by atoms with Crippen LogP contribution in [0.4, 0.5) is 5.69 Å². The second-order valence-corrected chi connectivity index (χ2v) is 9.37. The Morgan fingerprint density at radius 3 is 2.52 bits per heavy atom. The Morgan fingerprint density at radius 2 is 1.76 bits per heavy atom. The molecule has 0 bridgehead atoms. The molecule has 2 aromatic carbocycles. The summed E-state index contributed by atoms with van der Waals surface area (Å²) in [6.07, 6.45) is 1.59. The van der Waals surface area contributed by atoms with Gasteiger partial charge in [0.2, 0.25) is 10.0 Å². The highest BCUT2D eigenvalue weighted by Crippen LogP contribution is 2.39. The minimum Gasteiger partial charge on any atom is -0.488 e. The number of hydrogen-bond donors (Lipinski definition) is 0. The molecule has 5 rings (SSSR count). The van der Waals surface area contributed by atoms with Gasteiger partial charge in [0.25, 0.3) is 0 Å². The Labute approximate surface area is 173 Å². The molecule has 0 atom stereocenters. The molecule has 0 saturated carbocycles. The maximum absolute atomic E-state index is 13.2. The van der Waals surface area contributed by atoms with Gasteiger partial charge in [0, 0.05) is 36.9 Å². The van der Waals surface area contributed by atoms with Crippen molar-refractivity contribution >= 4 is 27.3 Å². The molecule has 3 heterocycles. The predicted octanol–water partition coefficient (Wildman–Crippen LogP) is 3.40. The average molecular weight is 432 g/mol. The van der Waals surface area contributed by atoms with E-state index in [1.54, 1.807) is 24.4 Å². The zero-order valence-electron chi connectivity index (χ0n) is 15.4. The molecule has 7 nitrogen and oxygen atoms in total. The molecule has 0 radical (unpaired) electrons. The fourth-order valence-corrected chi connectivity index (χ4v) is 5.28. The molecular weight excluding hydrogens is 414 g/mol. The van der Waals surface area contributed by atoms with Crippen molar-refractivity contribution in [3.05, 3.63) is 59.2 Å². The number of nitrogens with zero attached hydrogens (tertiary/aromatic N) is 3. The average Bonchev–Trinajstić information content (AvgIpc) is 3.23. The van der Waals surface area contributed by atoms with Crippen LogP contribution in [0.25, 0.3) is 11.3 Å². The van der Waals surface area contributed by atoms with Crippen molar-refractivity contribution in [2.75, 3.05) is 31.1 Å². The Hall–Kier alpha value is -2.55. The van der Waals surface area contributed by atoms with E-state index in [1.807, 2.05) is 24.3 Å². The van der Waals surface area contributed by atoms with Gasteiger partial charge in [-0.05, 0) is 42.5 Å². The van der Waals surface area contributed by atoms with E-state index in [-0.39, 0.29) is 4.90 Å². The first-order valence-corrected chi connectivity index (χ1v) is 11.1. The summed E-state index contributed by atoms with van der Waals surface area (Å²) >= 11 is 5.95. The van der Waals surface area contributed by atoms with Crippen LogP contribution < -0.4 is 9.64 Å². The molecule has 1 saturated heterocycles. The second-order valence-electron chi connectivity index (χ2n) is 6.99. The Bertz CT molecular complexity index is 1150. The van der Waals surface area contributed by atoms with Crippen LogP contribution in [0.2, 0.25) is 5.02 Å². The van der Waals surface area contributed by atoms with E-state index in [2.05, 4.69) is 10.1 Å². The lowest BCUT2D eigenvalue weighted by Gasteiger charge is -2.35. The summed E-state index contributed by atoms with van der Waals surface area (Å²) in [5.41, 5.74) is 2.46. The summed E-state index contributed by atoms with van der Waals surface area (Å²) < 4.78 is 38.9. The molecule has 3 aromatic rings. The van der Waals surface area contributed by atoms with Crippen molar-refractivity contribution < 1.29 is 17.7 Å². The van der Waals surface area contributed by atoms with Crippen LogP contribution in [-0.2, 0) is 16.6 Å². The molecule has 0 unspecified atom stereocenters. The minimum atomic E-state index is -3.63. The number of halogens is 1. The van der Waals surface area contributed by atoms with Gasteiger partial charge < -0.3 is 14.2 Å². The van der Waals surface area contributed by atoms with Gasteiger partial charge in [-0.3, -0.25) is 0 Å². The summed E-state index contributed by atoms with van der Waals surface area (Å²) in [5.74, 6) is 1.16. The lowest BCUT2D eigenvalue weighted by molar-refractivity contribution is 0.297. The molecule has 0 N–H and O–H groups in total. The molecule has 2 aliphatic rings. The van der Waals surface area contributed by atoms with E-state index in [1.165, 1.54) is 4.31 Å². The summed E-state index contributed by atoms with van der Waals surface area (Å²) in [7, 11) is -3.63. The lowest BCUT2D eigenvalue weighted by atomic mass is 10.1. The Morgan fingerprint density at radius 1 is 1.00 bits per heavy atom. The molecule has 9 heteroatoms. The number of hydrogen-bond acceptors (Lipinski definition) is 6. The zero-order chi connectivity index (χ0) is 20.0. The van der Waals surface area contributed by atoms with Gasteiger partial charge in [-0.25, -0.2) is 8.42 Å². The highest BCUT2D eigenvalue weighted by atomic mass is 35.5. The van der Waals surface area contributed by atoms with Crippen molar-refractivity contribution in [1.29, 1.82) is 0 Å². The zero-order valence-corrected chi connectivity index (χ0v) is 17.0. The third kappa shape index (κ3) is 3.27. The number of anilines is 1. The van der Waals surface area contributed by atoms with E-state index in [9.17, 15) is 8.42 Å².